The molecule has 0 aromatic heterocycles. The molecule has 2 atom stereocenters. The number of rotatable bonds is 6. The summed E-state index contributed by atoms with van der Waals surface area (Å²) in [6, 6.07) is 9.03. The van der Waals surface area contributed by atoms with E-state index in [0.717, 1.165) is 12.8 Å². The van der Waals surface area contributed by atoms with Crippen molar-refractivity contribution in [2.45, 2.75) is 31.9 Å². The Morgan fingerprint density at radius 2 is 2.06 bits per heavy atom. The second kappa shape index (κ2) is 7.04. The molecule has 0 fully saturated rings. The zero-order valence-corrected chi connectivity index (χ0v) is 10.0. The summed E-state index contributed by atoms with van der Waals surface area (Å²) in [5, 5.41) is 9.10. The normalized spacial score (nSPS) is 14.1. The highest BCUT2D eigenvalue weighted by Gasteiger charge is 2.19. The third-order valence-corrected chi connectivity index (χ3v) is 2.49. The van der Waals surface area contributed by atoms with Crippen molar-refractivity contribution in [1.82, 2.24) is 0 Å². The van der Waals surface area contributed by atoms with Gasteiger partial charge in [-0.25, -0.2) is 0 Å². The molecule has 94 valence electrons. The minimum absolute atomic E-state index is 0.328. The number of carbonyl (C=O) groups is 1. The third-order valence-electron chi connectivity index (χ3n) is 2.49. The molecule has 0 spiro atoms. The van der Waals surface area contributed by atoms with E-state index in [0.29, 0.717) is 6.61 Å². The van der Waals surface area contributed by atoms with Crippen molar-refractivity contribution in [3.05, 3.63) is 35.9 Å². The molecule has 0 bridgehead atoms. The Bertz CT molecular complexity index is 338. The molecule has 4 heteroatoms. The number of esters is 1. The van der Waals surface area contributed by atoms with Gasteiger partial charge in [-0.3, -0.25) is 4.79 Å². The van der Waals surface area contributed by atoms with Gasteiger partial charge in [0.2, 0.25) is 0 Å². The predicted octanol–water partition coefficient (Wildman–Crippen LogP) is 0.870. The number of aryl methyl sites for hydroxylation is 1. The summed E-state index contributed by atoms with van der Waals surface area (Å²) < 4.78 is 4.96. The van der Waals surface area contributed by atoms with Gasteiger partial charge in [0.05, 0.1) is 12.7 Å². The number of carbonyl (C=O) groups excluding carboxylic acids is 1. The highest BCUT2D eigenvalue weighted by atomic mass is 16.5. The summed E-state index contributed by atoms with van der Waals surface area (Å²) in [5.41, 5.74) is 6.64. The van der Waals surface area contributed by atoms with Crippen molar-refractivity contribution in [1.29, 1.82) is 0 Å². The molecule has 0 saturated carbocycles. The highest BCUT2D eigenvalue weighted by Crippen LogP contribution is 2.03. The Morgan fingerprint density at radius 1 is 1.41 bits per heavy atom. The number of aliphatic hydroxyl groups is 1. The van der Waals surface area contributed by atoms with Crippen LogP contribution in [0.3, 0.4) is 0 Å². The smallest absolute Gasteiger partial charge is 0.325 e. The maximum absolute atomic E-state index is 11.3. The average molecular weight is 237 g/mol. The largest absolute Gasteiger partial charge is 0.464 e. The maximum Gasteiger partial charge on any atom is 0.325 e. The number of hydrogen-bond donors (Lipinski definition) is 2. The number of benzene rings is 1. The first-order valence-corrected chi connectivity index (χ1v) is 5.75. The standard InChI is InChI=1S/C13H19NO3/c1-10(15)12(14)13(16)17-9-5-8-11-6-3-2-4-7-11/h2-4,6-7,10,12,15H,5,8-9,14H2,1H3. The summed E-state index contributed by atoms with van der Waals surface area (Å²) in [4.78, 5) is 11.3. The van der Waals surface area contributed by atoms with E-state index in [2.05, 4.69) is 0 Å². The number of nitrogens with two attached hydrogens (primary N) is 1. The van der Waals surface area contributed by atoms with Crippen molar-refractivity contribution in [3.63, 3.8) is 0 Å². The molecular weight excluding hydrogens is 218 g/mol. The minimum atomic E-state index is -0.952. The molecule has 2 unspecified atom stereocenters. The zero-order valence-electron chi connectivity index (χ0n) is 10.0. The van der Waals surface area contributed by atoms with E-state index in [4.69, 9.17) is 15.6 Å². The fourth-order valence-electron chi connectivity index (χ4n) is 1.39. The Kier molecular flexibility index (Phi) is 5.66. The fraction of sp³-hybridized carbons (Fsp3) is 0.462. The fourth-order valence-corrected chi connectivity index (χ4v) is 1.39. The molecule has 0 amide bonds. The molecule has 1 aromatic carbocycles. The van der Waals surface area contributed by atoms with E-state index >= 15 is 0 Å². The molecule has 0 heterocycles. The van der Waals surface area contributed by atoms with E-state index < -0.39 is 18.1 Å². The van der Waals surface area contributed by atoms with E-state index in [1.165, 1.54) is 12.5 Å². The molecule has 4 nitrogen and oxygen atoms in total. The number of aliphatic hydroxyl groups excluding tert-OH is 1. The molecule has 0 aliphatic heterocycles. The van der Waals surface area contributed by atoms with Crippen LogP contribution in [0, 0.1) is 0 Å². The Labute approximate surface area is 101 Å². The van der Waals surface area contributed by atoms with Crippen molar-refractivity contribution >= 4 is 5.97 Å². The first-order valence-electron chi connectivity index (χ1n) is 5.75. The zero-order chi connectivity index (χ0) is 12.7. The van der Waals surface area contributed by atoms with Crippen LogP contribution in [-0.4, -0.2) is 29.8 Å². The van der Waals surface area contributed by atoms with Gasteiger partial charge in [0.25, 0.3) is 0 Å². The quantitative estimate of drug-likeness (QED) is 0.569. The van der Waals surface area contributed by atoms with Crippen molar-refractivity contribution in [2.75, 3.05) is 6.61 Å². The van der Waals surface area contributed by atoms with Gasteiger partial charge in [-0.2, -0.15) is 0 Å². The summed E-state index contributed by atoms with van der Waals surface area (Å²) in [6.45, 7) is 1.80. The molecule has 1 aromatic rings. The van der Waals surface area contributed by atoms with Gasteiger partial charge in [0, 0.05) is 0 Å². The predicted molar refractivity (Wildman–Crippen MR) is 65.4 cm³/mol. The first kappa shape index (κ1) is 13.7. The summed E-state index contributed by atoms with van der Waals surface area (Å²) in [6.07, 6.45) is 0.733. The molecular formula is C13H19NO3. The molecule has 3 N–H and O–H groups in total. The van der Waals surface area contributed by atoms with Gasteiger partial charge in [-0.05, 0) is 25.3 Å². The summed E-state index contributed by atoms with van der Waals surface area (Å²) in [7, 11) is 0. The lowest BCUT2D eigenvalue weighted by Gasteiger charge is -2.13. The highest BCUT2D eigenvalue weighted by molar-refractivity contribution is 5.76. The van der Waals surface area contributed by atoms with Gasteiger partial charge >= 0.3 is 5.97 Å². The van der Waals surface area contributed by atoms with E-state index in [1.807, 2.05) is 30.3 Å². The lowest BCUT2D eigenvalue weighted by molar-refractivity contribution is -0.147. The van der Waals surface area contributed by atoms with Crippen molar-refractivity contribution < 1.29 is 14.6 Å². The van der Waals surface area contributed by atoms with Gasteiger partial charge in [-0.1, -0.05) is 30.3 Å². The lowest BCUT2D eigenvalue weighted by Crippen LogP contribution is -2.41. The van der Waals surface area contributed by atoms with Crippen LogP contribution in [0.4, 0.5) is 0 Å². The third kappa shape index (κ3) is 4.97. The van der Waals surface area contributed by atoms with Crippen LogP contribution in [0.25, 0.3) is 0 Å². The molecule has 0 aliphatic carbocycles. The minimum Gasteiger partial charge on any atom is -0.464 e. The average Bonchev–Trinajstić information content (AvgIpc) is 2.34. The monoisotopic (exact) mass is 237 g/mol. The van der Waals surface area contributed by atoms with Crippen LogP contribution in [0.1, 0.15) is 18.9 Å². The SMILES string of the molecule is CC(O)C(N)C(=O)OCCCc1ccccc1. The van der Waals surface area contributed by atoms with Gasteiger partial charge < -0.3 is 15.6 Å². The van der Waals surface area contributed by atoms with Crippen molar-refractivity contribution in [3.8, 4) is 0 Å². The summed E-state index contributed by atoms with van der Waals surface area (Å²) in [5.74, 6) is -0.548. The van der Waals surface area contributed by atoms with Crippen LogP contribution in [0.15, 0.2) is 30.3 Å². The van der Waals surface area contributed by atoms with E-state index in [9.17, 15) is 4.79 Å². The van der Waals surface area contributed by atoms with Crippen LogP contribution in [-0.2, 0) is 16.0 Å². The molecule has 1 rings (SSSR count). The van der Waals surface area contributed by atoms with Crippen LogP contribution < -0.4 is 5.73 Å². The van der Waals surface area contributed by atoms with E-state index in [-0.39, 0.29) is 0 Å². The molecule has 17 heavy (non-hydrogen) atoms. The first-order chi connectivity index (χ1) is 8.11. The molecule has 0 saturated heterocycles. The second-order valence-corrected chi connectivity index (χ2v) is 4.02. The van der Waals surface area contributed by atoms with Gasteiger partial charge in [0.15, 0.2) is 0 Å². The van der Waals surface area contributed by atoms with Crippen LogP contribution in [0.2, 0.25) is 0 Å². The molecule has 0 aliphatic rings. The maximum atomic E-state index is 11.3. The Morgan fingerprint density at radius 3 is 2.65 bits per heavy atom. The molecule has 0 radical (unpaired) electrons. The van der Waals surface area contributed by atoms with Gasteiger partial charge in [-0.15, -0.1) is 0 Å². The number of hydrogen-bond acceptors (Lipinski definition) is 4. The topological polar surface area (TPSA) is 72.5 Å². The van der Waals surface area contributed by atoms with Crippen molar-refractivity contribution in [2.24, 2.45) is 5.73 Å². The summed E-state index contributed by atoms with van der Waals surface area (Å²) >= 11 is 0. The van der Waals surface area contributed by atoms with Crippen LogP contribution >= 0.6 is 0 Å². The van der Waals surface area contributed by atoms with Gasteiger partial charge in [0.1, 0.15) is 6.04 Å². The van der Waals surface area contributed by atoms with E-state index in [1.54, 1.807) is 0 Å². The Hall–Kier alpha value is -1.39. The van der Waals surface area contributed by atoms with Crippen LogP contribution in [0.5, 0.6) is 0 Å². The Balaban J connectivity index is 2.18. The number of ether oxygens (including phenoxy) is 1. The second-order valence-electron chi connectivity index (χ2n) is 4.02. The lowest BCUT2D eigenvalue weighted by atomic mass is 10.1.